The van der Waals surface area contributed by atoms with Gasteiger partial charge >= 0.3 is 0 Å². The van der Waals surface area contributed by atoms with Gasteiger partial charge in [-0.1, -0.05) is 24.3 Å². The van der Waals surface area contributed by atoms with E-state index in [2.05, 4.69) is 44.5 Å². The number of carbonyl (C=O) groups excluding carboxylic acids is 1. The van der Waals surface area contributed by atoms with Gasteiger partial charge in [-0.25, -0.2) is 4.98 Å². The predicted molar refractivity (Wildman–Crippen MR) is 118 cm³/mol. The first-order valence-corrected chi connectivity index (χ1v) is 10.3. The largest absolute Gasteiger partial charge is 0.338 e. The summed E-state index contributed by atoms with van der Waals surface area (Å²) in [5, 5.41) is 2.89. The number of hydrogen-bond donors (Lipinski definition) is 2. The van der Waals surface area contributed by atoms with Crippen LogP contribution in [0.15, 0.2) is 67.0 Å². The topological polar surface area (TPSA) is 73.9 Å². The summed E-state index contributed by atoms with van der Waals surface area (Å²) in [6, 6.07) is 17.7. The molecule has 6 nitrogen and oxygen atoms in total. The van der Waals surface area contributed by atoms with Crippen molar-refractivity contribution in [2.45, 2.75) is 19.4 Å². The normalized spacial score (nSPS) is 14.3. The first-order valence-electron chi connectivity index (χ1n) is 10.3. The summed E-state index contributed by atoms with van der Waals surface area (Å²) in [6.07, 6.45) is 5.87. The maximum absolute atomic E-state index is 12.8. The van der Waals surface area contributed by atoms with E-state index < -0.39 is 0 Å². The number of anilines is 1. The summed E-state index contributed by atoms with van der Waals surface area (Å²) in [5.74, 6) is 0.573. The summed E-state index contributed by atoms with van der Waals surface area (Å²) in [4.78, 5) is 27.5. The molecule has 2 N–H and O–H groups in total. The number of aromatic nitrogens is 3. The van der Waals surface area contributed by atoms with E-state index in [4.69, 9.17) is 4.98 Å². The number of pyridine rings is 1. The third-order valence-electron chi connectivity index (χ3n) is 5.48. The number of carbonyl (C=O) groups is 1. The highest BCUT2D eigenvalue weighted by molar-refractivity contribution is 6.11. The number of nitrogens with one attached hydrogen (secondary N) is 2. The Kier molecular flexibility index (Phi) is 4.99. The molecule has 0 radical (unpaired) electrons. The molecule has 2 aromatic heterocycles. The zero-order chi connectivity index (χ0) is 20.3. The molecular weight excluding hydrogens is 374 g/mol. The molecule has 0 unspecified atom stereocenters. The van der Waals surface area contributed by atoms with Crippen molar-refractivity contribution in [3.05, 3.63) is 78.1 Å². The van der Waals surface area contributed by atoms with Gasteiger partial charge in [0.2, 0.25) is 0 Å². The number of H-pyrrole nitrogens is 1. The third-order valence-corrected chi connectivity index (χ3v) is 5.48. The molecule has 0 saturated carbocycles. The van der Waals surface area contributed by atoms with Crippen LogP contribution in [0.25, 0.3) is 22.4 Å². The van der Waals surface area contributed by atoms with Crippen LogP contribution in [0.1, 0.15) is 28.8 Å². The molecule has 6 heteroatoms. The first-order chi connectivity index (χ1) is 14.8. The minimum absolute atomic E-state index is 0.200. The van der Waals surface area contributed by atoms with E-state index in [0.717, 1.165) is 23.4 Å². The van der Waals surface area contributed by atoms with Crippen LogP contribution >= 0.6 is 0 Å². The summed E-state index contributed by atoms with van der Waals surface area (Å²) in [6.45, 7) is 3.31. The van der Waals surface area contributed by atoms with E-state index in [1.54, 1.807) is 24.5 Å². The predicted octanol–water partition coefficient (Wildman–Crippen LogP) is 4.47. The van der Waals surface area contributed by atoms with Crippen molar-refractivity contribution >= 4 is 22.6 Å². The summed E-state index contributed by atoms with van der Waals surface area (Å²) in [7, 11) is 0. The molecule has 1 aliphatic heterocycles. The number of amides is 1. The highest BCUT2D eigenvalue weighted by Crippen LogP contribution is 2.25. The number of rotatable bonds is 5. The number of hydrogen-bond acceptors (Lipinski definition) is 4. The van der Waals surface area contributed by atoms with Gasteiger partial charge < -0.3 is 10.3 Å². The van der Waals surface area contributed by atoms with Gasteiger partial charge in [-0.05, 0) is 61.8 Å². The number of nitrogens with zero attached hydrogens (tertiary/aromatic N) is 3. The van der Waals surface area contributed by atoms with E-state index in [-0.39, 0.29) is 5.91 Å². The van der Waals surface area contributed by atoms with Crippen molar-refractivity contribution < 1.29 is 4.79 Å². The fraction of sp³-hybridized carbons (Fsp3) is 0.208. The zero-order valence-electron chi connectivity index (χ0n) is 16.6. The van der Waals surface area contributed by atoms with Gasteiger partial charge in [-0.3, -0.25) is 14.7 Å². The summed E-state index contributed by atoms with van der Waals surface area (Å²) >= 11 is 0. The van der Waals surface area contributed by atoms with Crippen molar-refractivity contribution in [3.8, 4) is 11.4 Å². The molecular formula is C24H23N5O. The lowest BCUT2D eigenvalue weighted by atomic mass is 10.1. The van der Waals surface area contributed by atoms with Crippen molar-refractivity contribution in [3.63, 3.8) is 0 Å². The molecule has 1 amide bonds. The number of likely N-dealkylation sites (tertiary alicyclic amines) is 1. The second-order valence-electron chi connectivity index (χ2n) is 7.67. The minimum Gasteiger partial charge on any atom is -0.338 e. The molecule has 30 heavy (non-hydrogen) atoms. The Morgan fingerprint density at radius 2 is 1.93 bits per heavy atom. The standard InChI is InChI=1S/C24H23N5O/c30-24(26-19-8-5-11-25-15-19)20-9-4-10-21-22(20)28-23(27-21)18-7-3-6-17(14-18)16-29-12-1-2-13-29/h3-11,14-15H,1-2,12-13,16H2,(H,26,30)(H,27,28). The Balaban J connectivity index is 1.44. The number of aromatic amines is 1. The highest BCUT2D eigenvalue weighted by atomic mass is 16.1. The van der Waals surface area contributed by atoms with Gasteiger partial charge in [0.05, 0.1) is 23.0 Å². The van der Waals surface area contributed by atoms with Crippen LogP contribution < -0.4 is 5.32 Å². The van der Waals surface area contributed by atoms with Crippen molar-refractivity contribution in [1.82, 2.24) is 19.9 Å². The molecule has 1 aliphatic rings. The number of benzene rings is 2. The average Bonchev–Trinajstić information content (AvgIpc) is 3.44. The second-order valence-corrected chi connectivity index (χ2v) is 7.67. The Labute approximate surface area is 175 Å². The SMILES string of the molecule is O=C(Nc1cccnc1)c1cccc2[nH]c(-c3cccc(CN4CCCC4)c3)nc12. The van der Waals surface area contributed by atoms with Gasteiger partial charge in [0.25, 0.3) is 5.91 Å². The molecule has 0 bridgehead atoms. The van der Waals surface area contributed by atoms with Crippen LogP contribution in [0.2, 0.25) is 0 Å². The smallest absolute Gasteiger partial charge is 0.257 e. The van der Waals surface area contributed by atoms with Gasteiger partial charge in [-0.2, -0.15) is 0 Å². The molecule has 0 spiro atoms. The van der Waals surface area contributed by atoms with Gasteiger partial charge in [0.1, 0.15) is 11.3 Å². The molecule has 150 valence electrons. The van der Waals surface area contributed by atoms with Gasteiger partial charge in [-0.15, -0.1) is 0 Å². The number of para-hydroxylation sites is 1. The highest BCUT2D eigenvalue weighted by Gasteiger charge is 2.16. The van der Waals surface area contributed by atoms with Crippen LogP contribution in [-0.2, 0) is 6.54 Å². The van der Waals surface area contributed by atoms with Crippen molar-refractivity contribution in [2.24, 2.45) is 0 Å². The maximum atomic E-state index is 12.8. The van der Waals surface area contributed by atoms with E-state index >= 15 is 0 Å². The summed E-state index contributed by atoms with van der Waals surface area (Å²) < 4.78 is 0. The second kappa shape index (κ2) is 8.08. The Hall–Kier alpha value is -3.51. The molecule has 1 saturated heterocycles. The lowest BCUT2D eigenvalue weighted by Gasteiger charge is -2.14. The van der Waals surface area contributed by atoms with Crippen LogP contribution in [-0.4, -0.2) is 38.8 Å². The molecule has 1 fully saturated rings. The molecule has 3 heterocycles. The van der Waals surface area contributed by atoms with Crippen LogP contribution in [0, 0.1) is 0 Å². The van der Waals surface area contributed by atoms with E-state index in [0.29, 0.717) is 16.8 Å². The lowest BCUT2D eigenvalue weighted by Crippen LogP contribution is -2.18. The van der Waals surface area contributed by atoms with E-state index in [9.17, 15) is 4.79 Å². The molecule has 4 aromatic rings. The monoisotopic (exact) mass is 397 g/mol. The molecule has 2 aromatic carbocycles. The summed E-state index contributed by atoms with van der Waals surface area (Å²) in [5.41, 5.74) is 5.01. The fourth-order valence-corrected chi connectivity index (χ4v) is 4.00. The quantitative estimate of drug-likeness (QED) is 0.521. The minimum atomic E-state index is -0.200. The third kappa shape index (κ3) is 3.82. The molecule has 5 rings (SSSR count). The van der Waals surface area contributed by atoms with Crippen LogP contribution in [0.4, 0.5) is 5.69 Å². The maximum Gasteiger partial charge on any atom is 0.257 e. The first kappa shape index (κ1) is 18.5. The van der Waals surface area contributed by atoms with Crippen LogP contribution in [0.5, 0.6) is 0 Å². The van der Waals surface area contributed by atoms with E-state index in [1.165, 1.54) is 31.5 Å². The van der Waals surface area contributed by atoms with Crippen molar-refractivity contribution in [2.75, 3.05) is 18.4 Å². The van der Waals surface area contributed by atoms with Gasteiger partial charge in [0, 0.05) is 18.3 Å². The zero-order valence-corrected chi connectivity index (χ0v) is 16.6. The fourth-order valence-electron chi connectivity index (χ4n) is 4.00. The molecule has 0 aliphatic carbocycles. The lowest BCUT2D eigenvalue weighted by molar-refractivity contribution is 0.102. The van der Waals surface area contributed by atoms with E-state index in [1.807, 2.05) is 18.2 Å². The average molecular weight is 397 g/mol. The number of fused-ring (bicyclic) bond motifs is 1. The van der Waals surface area contributed by atoms with Crippen LogP contribution in [0.3, 0.4) is 0 Å². The van der Waals surface area contributed by atoms with Gasteiger partial charge in [0.15, 0.2) is 0 Å². The number of imidazole rings is 1. The molecule has 0 atom stereocenters. The Bertz CT molecular complexity index is 1180. The van der Waals surface area contributed by atoms with Crippen molar-refractivity contribution in [1.29, 1.82) is 0 Å². The Morgan fingerprint density at radius 1 is 1.07 bits per heavy atom. The Morgan fingerprint density at radius 3 is 2.77 bits per heavy atom.